The van der Waals surface area contributed by atoms with Crippen molar-refractivity contribution in [3.63, 3.8) is 0 Å². The summed E-state index contributed by atoms with van der Waals surface area (Å²) in [6.45, 7) is 13.6. The Morgan fingerprint density at radius 2 is 1.93 bits per heavy atom. The smallest absolute Gasteiger partial charge is 0.333 e. The van der Waals surface area contributed by atoms with Gasteiger partial charge < -0.3 is 4.74 Å². The van der Waals surface area contributed by atoms with Gasteiger partial charge in [0.05, 0.1) is 0 Å². The lowest BCUT2D eigenvalue weighted by atomic mass is 9.90. The molecule has 14 heavy (non-hydrogen) atoms. The van der Waals surface area contributed by atoms with E-state index in [2.05, 4.69) is 20.4 Å². The molecule has 0 aromatic carbocycles. The van der Waals surface area contributed by atoms with Crippen LogP contribution in [0.2, 0.25) is 0 Å². The van der Waals surface area contributed by atoms with Crippen molar-refractivity contribution in [2.24, 2.45) is 5.92 Å². The average Bonchev–Trinajstić information content (AvgIpc) is 2.14. The van der Waals surface area contributed by atoms with Crippen molar-refractivity contribution in [1.82, 2.24) is 0 Å². The molecule has 0 heterocycles. The zero-order valence-electron chi connectivity index (χ0n) is 10.0. The Balaban J connectivity index is 4.36. The van der Waals surface area contributed by atoms with Crippen molar-refractivity contribution >= 4 is 5.97 Å². The monoisotopic (exact) mass is 198 g/mol. The van der Waals surface area contributed by atoms with Crippen LogP contribution in [0.15, 0.2) is 12.2 Å². The van der Waals surface area contributed by atoms with Crippen molar-refractivity contribution < 1.29 is 9.53 Å². The van der Waals surface area contributed by atoms with Gasteiger partial charge in [-0.3, -0.25) is 0 Å². The standard InChI is InChI=1S/C12H22O2/c1-7-9(3)11(13)14-12(5,6)10(4)8-2/h10H,3,7-8H2,1-2,4-6H3. The molecule has 0 spiro atoms. The van der Waals surface area contributed by atoms with Crippen LogP contribution in [0.25, 0.3) is 0 Å². The fraction of sp³-hybridized carbons (Fsp3) is 0.750. The first-order chi connectivity index (χ1) is 6.35. The highest BCUT2D eigenvalue weighted by molar-refractivity contribution is 5.87. The minimum absolute atomic E-state index is 0.266. The molecule has 2 heteroatoms. The second kappa shape index (κ2) is 5.18. The number of rotatable bonds is 5. The summed E-state index contributed by atoms with van der Waals surface area (Å²) in [6, 6.07) is 0. The molecule has 0 saturated carbocycles. The molecule has 0 amide bonds. The molecule has 0 bridgehead atoms. The van der Waals surface area contributed by atoms with Crippen LogP contribution in [0.5, 0.6) is 0 Å². The lowest BCUT2D eigenvalue weighted by Crippen LogP contribution is -2.35. The van der Waals surface area contributed by atoms with E-state index in [0.29, 0.717) is 17.9 Å². The van der Waals surface area contributed by atoms with E-state index in [-0.39, 0.29) is 5.97 Å². The lowest BCUT2D eigenvalue weighted by molar-refractivity contribution is -0.156. The Kier molecular flexibility index (Phi) is 4.89. The summed E-state index contributed by atoms with van der Waals surface area (Å²) in [5.41, 5.74) is 0.144. The van der Waals surface area contributed by atoms with Gasteiger partial charge in [-0.25, -0.2) is 4.79 Å². The summed E-state index contributed by atoms with van der Waals surface area (Å²) in [5, 5.41) is 0. The summed E-state index contributed by atoms with van der Waals surface area (Å²) < 4.78 is 5.40. The van der Waals surface area contributed by atoms with Crippen molar-refractivity contribution in [1.29, 1.82) is 0 Å². The fourth-order valence-corrected chi connectivity index (χ4v) is 1.05. The van der Waals surface area contributed by atoms with E-state index in [9.17, 15) is 4.79 Å². The molecule has 1 atom stereocenters. The van der Waals surface area contributed by atoms with E-state index >= 15 is 0 Å². The number of carbonyl (C=O) groups excluding carboxylic acids is 1. The van der Waals surface area contributed by atoms with Gasteiger partial charge in [0.15, 0.2) is 0 Å². The Labute approximate surface area is 87.3 Å². The maximum atomic E-state index is 11.5. The first-order valence-electron chi connectivity index (χ1n) is 5.26. The maximum Gasteiger partial charge on any atom is 0.333 e. The molecule has 1 unspecified atom stereocenters. The van der Waals surface area contributed by atoms with Gasteiger partial charge in [-0.15, -0.1) is 0 Å². The SMILES string of the molecule is C=C(CC)C(=O)OC(C)(C)C(C)CC. The van der Waals surface area contributed by atoms with Gasteiger partial charge in [0, 0.05) is 5.57 Å². The third-order valence-corrected chi connectivity index (χ3v) is 2.87. The topological polar surface area (TPSA) is 26.3 Å². The van der Waals surface area contributed by atoms with Gasteiger partial charge in [0.25, 0.3) is 0 Å². The van der Waals surface area contributed by atoms with E-state index in [1.807, 2.05) is 20.8 Å². The lowest BCUT2D eigenvalue weighted by Gasteiger charge is -2.31. The highest BCUT2D eigenvalue weighted by Crippen LogP contribution is 2.24. The number of hydrogen-bond donors (Lipinski definition) is 0. The number of esters is 1. The zero-order valence-corrected chi connectivity index (χ0v) is 10.0. The molecular formula is C12H22O2. The predicted octanol–water partition coefficient (Wildman–Crippen LogP) is 3.32. The van der Waals surface area contributed by atoms with Gasteiger partial charge in [-0.1, -0.05) is 27.4 Å². The zero-order chi connectivity index (χ0) is 11.4. The molecule has 0 aliphatic rings. The van der Waals surface area contributed by atoms with Crippen molar-refractivity contribution in [3.8, 4) is 0 Å². The Morgan fingerprint density at radius 1 is 1.43 bits per heavy atom. The number of ether oxygens (including phenoxy) is 1. The third kappa shape index (κ3) is 3.52. The van der Waals surface area contributed by atoms with Crippen molar-refractivity contribution in [3.05, 3.63) is 12.2 Å². The van der Waals surface area contributed by atoms with E-state index < -0.39 is 5.60 Å². The van der Waals surface area contributed by atoms with Gasteiger partial charge in [0.1, 0.15) is 5.60 Å². The minimum atomic E-state index is -0.399. The molecule has 0 aromatic rings. The molecular weight excluding hydrogens is 176 g/mol. The molecule has 0 aromatic heterocycles. The Morgan fingerprint density at radius 3 is 2.29 bits per heavy atom. The summed E-state index contributed by atoms with van der Waals surface area (Å²) >= 11 is 0. The van der Waals surface area contributed by atoms with E-state index in [0.717, 1.165) is 6.42 Å². The third-order valence-electron chi connectivity index (χ3n) is 2.87. The van der Waals surface area contributed by atoms with Crippen LogP contribution in [0, 0.1) is 5.92 Å². The fourth-order valence-electron chi connectivity index (χ4n) is 1.05. The normalized spacial score (nSPS) is 13.5. The van der Waals surface area contributed by atoms with Crippen LogP contribution in [0.3, 0.4) is 0 Å². The van der Waals surface area contributed by atoms with Crippen LogP contribution in [-0.2, 0) is 9.53 Å². The summed E-state index contributed by atoms with van der Waals surface area (Å²) in [7, 11) is 0. The van der Waals surface area contributed by atoms with E-state index in [4.69, 9.17) is 4.74 Å². The van der Waals surface area contributed by atoms with Crippen molar-refractivity contribution in [2.75, 3.05) is 0 Å². The first kappa shape index (κ1) is 13.2. The number of carbonyl (C=O) groups is 1. The maximum absolute atomic E-state index is 11.5. The van der Waals surface area contributed by atoms with Crippen LogP contribution in [-0.4, -0.2) is 11.6 Å². The predicted molar refractivity (Wildman–Crippen MR) is 59.1 cm³/mol. The molecule has 0 radical (unpaired) electrons. The largest absolute Gasteiger partial charge is 0.456 e. The van der Waals surface area contributed by atoms with Gasteiger partial charge in [-0.2, -0.15) is 0 Å². The van der Waals surface area contributed by atoms with Crippen LogP contribution in [0.1, 0.15) is 47.5 Å². The highest BCUT2D eigenvalue weighted by Gasteiger charge is 2.29. The van der Waals surface area contributed by atoms with Gasteiger partial charge >= 0.3 is 5.97 Å². The molecule has 0 fully saturated rings. The van der Waals surface area contributed by atoms with Crippen molar-refractivity contribution in [2.45, 2.75) is 53.1 Å². The van der Waals surface area contributed by atoms with E-state index in [1.54, 1.807) is 0 Å². The van der Waals surface area contributed by atoms with E-state index in [1.165, 1.54) is 0 Å². The van der Waals surface area contributed by atoms with Gasteiger partial charge in [0.2, 0.25) is 0 Å². The molecule has 82 valence electrons. The van der Waals surface area contributed by atoms with Crippen LogP contribution < -0.4 is 0 Å². The molecule has 0 N–H and O–H groups in total. The highest BCUT2D eigenvalue weighted by atomic mass is 16.6. The molecule has 0 saturated heterocycles. The molecule has 2 nitrogen and oxygen atoms in total. The second-order valence-corrected chi connectivity index (χ2v) is 4.26. The average molecular weight is 198 g/mol. The molecule has 0 rings (SSSR count). The minimum Gasteiger partial charge on any atom is -0.456 e. The molecule has 0 aliphatic carbocycles. The Hall–Kier alpha value is -0.790. The summed E-state index contributed by atoms with van der Waals surface area (Å²) in [5.74, 6) is 0.0916. The molecule has 0 aliphatic heterocycles. The van der Waals surface area contributed by atoms with Crippen LogP contribution in [0.4, 0.5) is 0 Å². The Bertz CT molecular complexity index is 216. The number of hydrogen-bond acceptors (Lipinski definition) is 2. The second-order valence-electron chi connectivity index (χ2n) is 4.26. The summed E-state index contributed by atoms with van der Waals surface area (Å²) in [4.78, 5) is 11.5. The van der Waals surface area contributed by atoms with Crippen LogP contribution >= 0.6 is 0 Å². The quantitative estimate of drug-likeness (QED) is 0.500. The summed E-state index contributed by atoms with van der Waals surface area (Å²) in [6.07, 6.45) is 1.65. The first-order valence-corrected chi connectivity index (χ1v) is 5.26. The van der Waals surface area contributed by atoms with Gasteiger partial charge in [-0.05, 0) is 32.6 Å².